The molecular weight excluding hydrogens is 236 g/mol. The van der Waals surface area contributed by atoms with Crippen molar-refractivity contribution in [3.05, 3.63) is 35.4 Å². The monoisotopic (exact) mass is 256 g/mol. The molecule has 0 aromatic heterocycles. The Bertz CT molecular complexity index is 496. The minimum absolute atomic E-state index is 0.0991. The van der Waals surface area contributed by atoms with Crippen LogP contribution in [0.25, 0.3) is 0 Å². The molecule has 0 atom stereocenters. The maximum absolute atomic E-state index is 12.3. The Morgan fingerprint density at radius 1 is 1.32 bits per heavy atom. The molecule has 0 bridgehead atoms. The van der Waals surface area contributed by atoms with Crippen LogP contribution in [-0.4, -0.2) is 5.91 Å². The van der Waals surface area contributed by atoms with Crippen molar-refractivity contribution in [1.82, 2.24) is 5.32 Å². The van der Waals surface area contributed by atoms with E-state index in [0.717, 1.165) is 30.4 Å². The van der Waals surface area contributed by atoms with Gasteiger partial charge < -0.3 is 5.32 Å². The third-order valence-electron chi connectivity index (χ3n) is 4.06. The number of nitriles is 1. The highest BCUT2D eigenvalue weighted by Gasteiger charge is 2.39. The van der Waals surface area contributed by atoms with E-state index in [9.17, 15) is 10.1 Å². The van der Waals surface area contributed by atoms with Gasteiger partial charge in [0.1, 0.15) is 5.41 Å². The van der Waals surface area contributed by atoms with Crippen molar-refractivity contribution < 1.29 is 4.79 Å². The number of rotatable bonds is 3. The number of amides is 1. The van der Waals surface area contributed by atoms with Gasteiger partial charge in [0.25, 0.3) is 0 Å². The third-order valence-corrected chi connectivity index (χ3v) is 4.06. The number of aryl methyl sites for hydroxylation is 1. The molecule has 1 aliphatic carbocycles. The zero-order chi connectivity index (χ0) is 13.7. The normalized spacial score (nSPS) is 17.5. The molecule has 1 amide bonds. The highest BCUT2D eigenvalue weighted by molar-refractivity contribution is 5.85. The van der Waals surface area contributed by atoms with Gasteiger partial charge in [-0.05, 0) is 30.9 Å². The first-order chi connectivity index (χ1) is 9.18. The molecule has 3 heteroatoms. The van der Waals surface area contributed by atoms with Crippen LogP contribution in [-0.2, 0) is 11.3 Å². The van der Waals surface area contributed by atoms with Gasteiger partial charge in [-0.15, -0.1) is 0 Å². The largest absolute Gasteiger partial charge is 0.351 e. The Hall–Kier alpha value is -1.82. The van der Waals surface area contributed by atoms with E-state index in [1.165, 1.54) is 0 Å². The second-order valence-electron chi connectivity index (χ2n) is 5.36. The summed E-state index contributed by atoms with van der Waals surface area (Å²) in [6.07, 6.45) is 4.48. The van der Waals surface area contributed by atoms with Crippen LogP contribution in [0.4, 0.5) is 0 Å². The summed E-state index contributed by atoms with van der Waals surface area (Å²) in [6, 6.07) is 10.2. The van der Waals surface area contributed by atoms with E-state index in [4.69, 9.17) is 0 Å². The fourth-order valence-corrected chi connectivity index (χ4v) is 2.70. The van der Waals surface area contributed by atoms with Crippen LogP contribution in [0.2, 0.25) is 0 Å². The summed E-state index contributed by atoms with van der Waals surface area (Å²) >= 11 is 0. The fraction of sp³-hybridized carbons (Fsp3) is 0.500. The van der Waals surface area contributed by atoms with Crippen LogP contribution in [0.1, 0.15) is 43.2 Å². The predicted octanol–water partition coefficient (Wildman–Crippen LogP) is 3.09. The zero-order valence-electron chi connectivity index (χ0n) is 11.4. The minimum atomic E-state index is -0.791. The van der Waals surface area contributed by atoms with Crippen LogP contribution in [0.15, 0.2) is 24.3 Å². The second-order valence-corrected chi connectivity index (χ2v) is 5.36. The summed E-state index contributed by atoms with van der Waals surface area (Å²) < 4.78 is 0. The number of carbonyl (C=O) groups is 1. The van der Waals surface area contributed by atoms with Gasteiger partial charge in [-0.3, -0.25) is 4.79 Å². The van der Waals surface area contributed by atoms with Gasteiger partial charge in [0.15, 0.2) is 0 Å². The molecule has 3 nitrogen and oxygen atoms in total. The minimum Gasteiger partial charge on any atom is -0.351 e. The lowest BCUT2D eigenvalue weighted by molar-refractivity contribution is -0.129. The predicted molar refractivity (Wildman–Crippen MR) is 74.2 cm³/mol. The van der Waals surface area contributed by atoms with Gasteiger partial charge in [-0.25, -0.2) is 0 Å². The van der Waals surface area contributed by atoms with Crippen molar-refractivity contribution in [3.8, 4) is 6.07 Å². The number of benzene rings is 1. The summed E-state index contributed by atoms with van der Waals surface area (Å²) in [5.41, 5.74) is 1.48. The maximum atomic E-state index is 12.3. The summed E-state index contributed by atoms with van der Waals surface area (Å²) in [5, 5.41) is 12.3. The number of nitrogens with zero attached hydrogens (tertiary/aromatic N) is 1. The second kappa shape index (κ2) is 5.88. The SMILES string of the molecule is Cc1ccccc1CNC(=O)C1(C#N)CCCCC1. The Morgan fingerprint density at radius 2 is 2.00 bits per heavy atom. The topological polar surface area (TPSA) is 52.9 Å². The zero-order valence-corrected chi connectivity index (χ0v) is 11.4. The molecule has 1 aromatic carbocycles. The Kier molecular flexibility index (Phi) is 4.21. The molecule has 1 N–H and O–H groups in total. The third kappa shape index (κ3) is 2.96. The van der Waals surface area contributed by atoms with E-state index in [1.54, 1.807) is 0 Å². The maximum Gasteiger partial charge on any atom is 0.240 e. The van der Waals surface area contributed by atoms with Crippen molar-refractivity contribution in [2.45, 2.75) is 45.6 Å². The van der Waals surface area contributed by atoms with Crippen LogP contribution in [0.3, 0.4) is 0 Å². The number of hydrogen-bond acceptors (Lipinski definition) is 2. The van der Waals surface area contributed by atoms with Gasteiger partial charge in [0.05, 0.1) is 6.07 Å². The van der Waals surface area contributed by atoms with E-state index >= 15 is 0 Å². The van der Waals surface area contributed by atoms with Crippen LogP contribution in [0.5, 0.6) is 0 Å². The molecule has 1 aliphatic rings. The van der Waals surface area contributed by atoms with Crippen molar-refractivity contribution >= 4 is 5.91 Å². The summed E-state index contributed by atoms with van der Waals surface area (Å²) in [6.45, 7) is 2.54. The lowest BCUT2D eigenvalue weighted by Gasteiger charge is -2.29. The number of hydrogen-bond donors (Lipinski definition) is 1. The fourth-order valence-electron chi connectivity index (χ4n) is 2.70. The van der Waals surface area contributed by atoms with E-state index in [1.807, 2.05) is 31.2 Å². The molecule has 0 spiro atoms. The van der Waals surface area contributed by atoms with Gasteiger partial charge in [0.2, 0.25) is 5.91 Å². The van der Waals surface area contributed by atoms with Crippen LogP contribution >= 0.6 is 0 Å². The molecule has 0 aliphatic heterocycles. The molecule has 1 saturated carbocycles. The van der Waals surface area contributed by atoms with E-state index < -0.39 is 5.41 Å². The molecule has 0 radical (unpaired) electrons. The van der Waals surface area contributed by atoms with E-state index in [-0.39, 0.29) is 5.91 Å². The van der Waals surface area contributed by atoms with Crippen molar-refractivity contribution in [2.75, 3.05) is 0 Å². The summed E-state index contributed by atoms with van der Waals surface area (Å²) in [7, 11) is 0. The molecule has 19 heavy (non-hydrogen) atoms. The molecule has 1 aromatic rings. The molecule has 100 valence electrons. The summed E-state index contributed by atoms with van der Waals surface area (Å²) in [5.74, 6) is -0.0991. The van der Waals surface area contributed by atoms with Gasteiger partial charge >= 0.3 is 0 Å². The highest BCUT2D eigenvalue weighted by atomic mass is 16.2. The van der Waals surface area contributed by atoms with E-state index in [0.29, 0.717) is 19.4 Å². The standard InChI is InChI=1S/C16H20N2O/c1-13-7-3-4-8-14(13)11-18-15(19)16(12-17)9-5-2-6-10-16/h3-4,7-8H,2,5-6,9-11H2,1H3,(H,18,19). The quantitative estimate of drug-likeness (QED) is 0.903. The average molecular weight is 256 g/mol. The van der Waals surface area contributed by atoms with Gasteiger partial charge in [-0.1, -0.05) is 43.5 Å². The smallest absolute Gasteiger partial charge is 0.240 e. The first-order valence-electron chi connectivity index (χ1n) is 6.92. The molecule has 0 unspecified atom stereocenters. The Balaban J connectivity index is 2.01. The first-order valence-corrected chi connectivity index (χ1v) is 6.92. The lowest BCUT2D eigenvalue weighted by Crippen LogP contribution is -2.41. The first kappa shape index (κ1) is 13.6. The van der Waals surface area contributed by atoms with Gasteiger partial charge in [0, 0.05) is 6.54 Å². The van der Waals surface area contributed by atoms with E-state index in [2.05, 4.69) is 11.4 Å². The lowest BCUT2D eigenvalue weighted by atomic mass is 9.74. The molecule has 0 saturated heterocycles. The molecule has 1 fully saturated rings. The molecule has 2 rings (SSSR count). The van der Waals surface area contributed by atoms with Crippen molar-refractivity contribution in [3.63, 3.8) is 0 Å². The summed E-state index contributed by atoms with van der Waals surface area (Å²) in [4.78, 5) is 12.3. The number of carbonyl (C=O) groups excluding carboxylic acids is 1. The van der Waals surface area contributed by atoms with Gasteiger partial charge in [-0.2, -0.15) is 5.26 Å². The van der Waals surface area contributed by atoms with Crippen LogP contribution in [0, 0.1) is 23.7 Å². The Morgan fingerprint density at radius 3 is 2.63 bits per heavy atom. The van der Waals surface area contributed by atoms with Crippen molar-refractivity contribution in [1.29, 1.82) is 5.26 Å². The number of nitrogens with one attached hydrogen (secondary N) is 1. The highest BCUT2D eigenvalue weighted by Crippen LogP contribution is 2.35. The molecular formula is C16H20N2O. The molecule has 0 heterocycles. The van der Waals surface area contributed by atoms with Crippen molar-refractivity contribution in [2.24, 2.45) is 5.41 Å². The Labute approximate surface area is 114 Å². The average Bonchev–Trinajstić information content (AvgIpc) is 2.46. The van der Waals surface area contributed by atoms with Crippen LogP contribution < -0.4 is 5.32 Å².